The molecule has 4 aromatic heterocycles. The minimum Gasteiger partial charge on any atom is -0.366 e. The van der Waals surface area contributed by atoms with Crippen LogP contribution in [-0.4, -0.2) is 54.5 Å². The van der Waals surface area contributed by atoms with Crippen molar-refractivity contribution in [2.75, 3.05) is 16.0 Å². The number of pyridine rings is 2. The number of amides is 4. The molecule has 5 rings (SSSR count). The number of carbonyl (C=O) groups is 4. The Bertz CT molecular complexity index is 1570. The van der Waals surface area contributed by atoms with Gasteiger partial charge in [0.1, 0.15) is 10.0 Å². The van der Waals surface area contributed by atoms with Crippen LogP contribution in [0.5, 0.6) is 0 Å². The summed E-state index contributed by atoms with van der Waals surface area (Å²) < 4.78 is 0. The predicted molar refractivity (Wildman–Crippen MR) is 155 cm³/mol. The number of hydrogen-bond acceptors (Lipinski definition) is 12. The van der Waals surface area contributed by atoms with Gasteiger partial charge in [-0.2, -0.15) is 0 Å². The second-order valence-electron chi connectivity index (χ2n) is 9.60. The lowest BCUT2D eigenvalue weighted by atomic mass is 9.82. The molecule has 0 unspecified atom stereocenters. The first-order chi connectivity index (χ1) is 20.4. The summed E-state index contributed by atoms with van der Waals surface area (Å²) >= 11 is 2.70. The van der Waals surface area contributed by atoms with Crippen LogP contribution in [0.25, 0.3) is 0 Å². The summed E-state index contributed by atoms with van der Waals surface area (Å²) in [5.41, 5.74) is 7.11. The zero-order valence-corrected chi connectivity index (χ0v) is 23.8. The number of anilines is 3. The molecule has 0 saturated heterocycles. The minimum absolute atomic E-state index is 0.0249. The monoisotopic (exact) mass is 606 g/mol. The Morgan fingerprint density at radius 3 is 1.88 bits per heavy atom. The molecule has 216 valence electrons. The topological polar surface area (TPSA) is 208 Å². The van der Waals surface area contributed by atoms with E-state index < -0.39 is 5.91 Å². The lowest BCUT2D eigenvalue weighted by Crippen LogP contribution is -2.16. The van der Waals surface area contributed by atoms with Crippen LogP contribution in [0, 0.1) is 0 Å². The molecule has 1 saturated carbocycles. The zero-order chi connectivity index (χ0) is 29.5. The lowest BCUT2D eigenvalue weighted by molar-refractivity contribution is -0.116. The molecular weight excluding hydrogens is 580 g/mol. The summed E-state index contributed by atoms with van der Waals surface area (Å²) in [7, 11) is 0. The zero-order valence-electron chi connectivity index (χ0n) is 22.1. The molecule has 0 aromatic carbocycles. The first kappa shape index (κ1) is 28.8. The van der Waals surface area contributed by atoms with Crippen molar-refractivity contribution in [3.8, 4) is 0 Å². The third-order valence-corrected chi connectivity index (χ3v) is 8.59. The average Bonchev–Trinajstić information content (AvgIpc) is 3.64. The molecule has 42 heavy (non-hydrogen) atoms. The van der Waals surface area contributed by atoms with Crippen molar-refractivity contribution in [2.24, 2.45) is 5.73 Å². The summed E-state index contributed by atoms with van der Waals surface area (Å²) in [5.74, 6) is -0.789. The van der Waals surface area contributed by atoms with Crippen LogP contribution >= 0.6 is 22.7 Å². The number of primary amides is 1. The molecule has 16 heteroatoms. The second kappa shape index (κ2) is 13.3. The molecular formula is C26H26N10O4S2. The number of rotatable bonds is 11. The van der Waals surface area contributed by atoms with Crippen LogP contribution in [0.3, 0.4) is 0 Å². The van der Waals surface area contributed by atoms with E-state index in [0.29, 0.717) is 33.7 Å². The highest BCUT2D eigenvalue weighted by molar-refractivity contribution is 7.15. The van der Waals surface area contributed by atoms with E-state index in [9.17, 15) is 19.2 Å². The van der Waals surface area contributed by atoms with E-state index >= 15 is 0 Å². The van der Waals surface area contributed by atoms with Gasteiger partial charge < -0.3 is 21.7 Å². The molecule has 4 heterocycles. The van der Waals surface area contributed by atoms with Gasteiger partial charge in [0, 0.05) is 29.4 Å². The van der Waals surface area contributed by atoms with Gasteiger partial charge >= 0.3 is 0 Å². The number of aromatic nitrogens is 6. The van der Waals surface area contributed by atoms with Crippen molar-refractivity contribution < 1.29 is 19.2 Å². The molecule has 1 aliphatic carbocycles. The first-order valence-corrected chi connectivity index (χ1v) is 14.7. The molecule has 1 aliphatic rings. The Kier molecular flexibility index (Phi) is 9.13. The normalized spacial score (nSPS) is 16.4. The smallest absolute Gasteiger partial charge is 0.250 e. The molecule has 2 atom stereocenters. The summed E-state index contributed by atoms with van der Waals surface area (Å²) in [6, 6.07) is 6.46. The fourth-order valence-corrected chi connectivity index (χ4v) is 6.37. The van der Waals surface area contributed by atoms with Crippen molar-refractivity contribution in [1.29, 1.82) is 0 Å². The van der Waals surface area contributed by atoms with E-state index in [1.807, 2.05) is 0 Å². The van der Waals surface area contributed by atoms with Crippen LogP contribution < -0.4 is 21.7 Å². The van der Waals surface area contributed by atoms with Gasteiger partial charge in [-0.15, -0.1) is 20.4 Å². The van der Waals surface area contributed by atoms with Crippen molar-refractivity contribution in [2.45, 2.75) is 50.4 Å². The van der Waals surface area contributed by atoms with E-state index in [0.717, 1.165) is 35.7 Å². The first-order valence-electron chi connectivity index (χ1n) is 13.0. The van der Waals surface area contributed by atoms with Gasteiger partial charge in [0.15, 0.2) is 0 Å². The van der Waals surface area contributed by atoms with Gasteiger partial charge in [0.2, 0.25) is 34.4 Å². The molecule has 0 aliphatic heterocycles. The fraction of sp³-hybridized carbons (Fsp3) is 0.308. The van der Waals surface area contributed by atoms with E-state index in [4.69, 9.17) is 5.73 Å². The van der Waals surface area contributed by atoms with Gasteiger partial charge in [0.05, 0.1) is 30.3 Å². The van der Waals surface area contributed by atoms with Crippen LogP contribution in [0.1, 0.15) is 69.3 Å². The number of hydrogen-bond donors (Lipinski definition) is 4. The maximum Gasteiger partial charge on any atom is 0.250 e. The molecule has 5 N–H and O–H groups in total. The highest BCUT2D eigenvalue weighted by Crippen LogP contribution is 2.43. The molecule has 1 fully saturated rings. The van der Waals surface area contributed by atoms with Crippen LogP contribution in [0.15, 0.2) is 36.7 Å². The molecule has 14 nitrogen and oxygen atoms in total. The Morgan fingerprint density at radius 1 is 0.833 bits per heavy atom. The lowest BCUT2D eigenvalue weighted by Gasteiger charge is -2.25. The largest absolute Gasteiger partial charge is 0.366 e. The highest BCUT2D eigenvalue weighted by atomic mass is 32.1. The quantitative estimate of drug-likeness (QED) is 0.183. The Balaban J connectivity index is 1.12. The van der Waals surface area contributed by atoms with Crippen LogP contribution in [-0.2, 0) is 27.2 Å². The summed E-state index contributed by atoms with van der Waals surface area (Å²) in [6.07, 6.45) is 7.17. The number of nitrogens with one attached hydrogen (secondary N) is 3. The third-order valence-electron chi connectivity index (χ3n) is 6.59. The number of nitrogens with two attached hydrogens (primary N) is 1. The van der Waals surface area contributed by atoms with Crippen LogP contribution in [0.4, 0.5) is 16.0 Å². The minimum atomic E-state index is -0.578. The summed E-state index contributed by atoms with van der Waals surface area (Å²) in [5, 5.41) is 27.6. The van der Waals surface area contributed by atoms with Crippen molar-refractivity contribution >= 4 is 62.8 Å². The average molecular weight is 607 g/mol. The molecule has 0 radical (unpaired) electrons. The number of carbonyl (C=O) groups excluding carboxylic acids is 4. The molecule has 0 spiro atoms. The Labute approximate surface area is 247 Å². The SMILES string of the molecule is NC(=O)c1ccc(CC(=O)Nc2nnc([C@H]3CCC[C@H](c4nnc(NC(=O)Cc5ccc(NC=O)cn5)s4)C3)s2)nc1. The predicted octanol–water partition coefficient (Wildman–Crippen LogP) is 2.65. The van der Waals surface area contributed by atoms with Crippen molar-refractivity contribution in [3.63, 3.8) is 0 Å². The van der Waals surface area contributed by atoms with Gasteiger partial charge in [0.25, 0.3) is 0 Å². The van der Waals surface area contributed by atoms with Crippen molar-refractivity contribution in [1.82, 2.24) is 30.4 Å². The maximum atomic E-state index is 12.5. The molecule has 4 amide bonds. The van der Waals surface area contributed by atoms with Gasteiger partial charge in [-0.25, -0.2) is 0 Å². The van der Waals surface area contributed by atoms with E-state index in [-0.39, 0.29) is 42.1 Å². The van der Waals surface area contributed by atoms with Crippen molar-refractivity contribution in [3.05, 3.63) is 63.6 Å². The highest BCUT2D eigenvalue weighted by Gasteiger charge is 2.29. The van der Waals surface area contributed by atoms with E-state index in [1.165, 1.54) is 41.1 Å². The fourth-order valence-electron chi connectivity index (χ4n) is 4.55. The third kappa shape index (κ3) is 7.52. The van der Waals surface area contributed by atoms with Gasteiger partial charge in [-0.05, 0) is 43.5 Å². The Hall–Kier alpha value is -4.70. The Morgan fingerprint density at radius 2 is 1.40 bits per heavy atom. The van der Waals surface area contributed by atoms with E-state index in [1.54, 1.807) is 18.2 Å². The van der Waals surface area contributed by atoms with Gasteiger partial charge in [-0.3, -0.25) is 29.1 Å². The summed E-state index contributed by atoms with van der Waals surface area (Å²) in [6.45, 7) is 0. The maximum absolute atomic E-state index is 12.5. The van der Waals surface area contributed by atoms with E-state index in [2.05, 4.69) is 46.3 Å². The van der Waals surface area contributed by atoms with Gasteiger partial charge in [-0.1, -0.05) is 29.1 Å². The number of nitrogens with zero attached hydrogens (tertiary/aromatic N) is 6. The molecule has 0 bridgehead atoms. The summed E-state index contributed by atoms with van der Waals surface area (Å²) in [4.78, 5) is 54.9. The van der Waals surface area contributed by atoms with Crippen LogP contribution in [0.2, 0.25) is 0 Å². The molecule has 4 aromatic rings. The standard InChI is InChI=1S/C26H26N10O4S2/c27-22(40)16-4-5-17(28-11-16)9-20(38)31-25-35-33-23(41-25)14-2-1-3-15(8-14)24-34-36-26(42-24)32-21(39)10-18-6-7-19(12-29-18)30-13-37/h4-7,11-15H,1-3,8-10H2,(H2,27,40)(H,30,37)(H,31,35,38)(H,32,36,39)/t14-,15-/m0/s1. The second-order valence-corrected chi connectivity index (χ2v) is 11.6.